The van der Waals surface area contributed by atoms with Crippen LogP contribution in [-0.2, 0) is 9.53 Å². The van der Waals surface area contributed by atoms with Gasteiger partial charge < -0.3 is 9.64 Å². The average molecular weight is 386 g/mol. The van der Waals surface area contributed by atoms with E-state index in [1.807, 2.05) is 51.4 Å². The lowest BCUT2D eigenvalue weighted by Gasteiger charge is -2.24. The van der Waals surface area contributed by atoms with Gasteiger partial charge in [0.15, 0.2) is 0 Å². The summed E-state index contributed by atoms with van der Waals surface area (Å²) >= 11 is 0. The number of aryl methyl sites for hydroxylation is 1. The summed E-state index contributed by atoms with van der Waals surface area (Å²) in [6.45, 7) is 17.9. The highest BCUT2D eigenvalue weighted by atomic mass is 16.5. The first-order valence-electron chi connectivity index (χ1n) is 9.58. The van der Waals surface area contributed by atoms with Crippen molar-refractivity contribution in [1.82, 2.24) is 0 Å². The van der Waals surface area contributed by atoms with Crippen molar-refractivity contribution in [3.8, 4) is 0 Å². The summed E-state index contributed by atoms with van der Waals surface area (Å²) < 4.78 is 5.56. The number of nitrogens with zero attached hydrogens (tertiary/aromatic N) is 2. The van der Waals surface area contributed by atoms with Crippen molar-refractivity contribution < 1.29 is 9.53 Å². The van der Waals surface area contributed by atoms with Crippen LogP contribution in [0.1, 0.15) is 38.9 Å². The third-order valence-corrected chi connectivity index (χ3v) is 5.70. The molecule has 1 heterocycles. The molecule has 0 amide bonds. The highest BCUT2D eigenvalue weighted by molar-refractivity contribution is 6.10. The lowest BCUT2D eigenvalue weighted by Crippen LogP contribution is -2.14. The van der Waals surface area contributed by atoms with Crippen molar-refractivity contribution in [2.45, 2.75) is 34.6 Å². The number of esters is 1. The molecule has 4 nitrogen and oxygen atoms in total. The van der Waals surface area contributed by atoms with Crippen LogP contribution < -0.4 is 4.90 Å². The van der Waals surface area contributed by atoms with Gasteiger partial charge in [0.1, 0.15) is 5.76 Å². The second-order valence-electron chi connectivity index (χ2n) is 7.76. The van der Waals surface area contributed by atoms with Crippen molar-refractivity contribution in [1.29, 1.82) is 0 Å². The zero-order valence-corrected chi connectivity index (χ0v) is 18.1. The second kappa shape index (κ2) is 7.60. The third kappa shape index (κ3) is 3.45. The molecule has 4 heteroatoms. The molecule has 0 saturated carbocycles. The summed E-state index contributed by atoms with van der Waals surface area (Å²) in [7, 11) is 4.09. The quantitative estimate of drug-likeness (QED) is 0.514. The molecule has 1 aliphatic rings. The molecular formula is C25H26N2O2. The van der Waals surface area contributed by atoms with Gasteiger partial charge in [-0.1, -0.05) is 29.8 Å². The van der Waals surface area contributed by atoms with Crippen LogP contribution in [0.25, 0.3) is 16.5 Å². The van der Waals surface area contributed by atoms with Crippen molar-refractivity contribution >= 4 is 23.3 Å². The zero-order chi connectivity index (χ0) is 21.5. The molecule has 0 atom stereocenters. The first-order chi connectivity index (χ1) is 13.7. The van der Waals surface area contributed by atoms with E-state index < -0.39 is 5.97 Å². The lowest BCUT2D eigenvalue weighted by molar-refractivity contribution is -0.132. The van der Waals surface area contributed by atoms with Crippen LogP contribution in [0.2, 0.25) is 0 Å². The molecule has 0 aliphatic carbocycles. The minimum Gasteiger partial charge on any atom is -0.432 e. The molecule has 0 radical (unpaired) electrons. The van der Waals surface area contributed by atoms with Crippen molar-refractivity contribution in [2.24, 2.45) is 0 Å². The van der Waals surface area contributed by atoms with Gasteiger partial charge in [-0.3, -0.25) is 4.79 Å². The van der Waals surface area contributed by atoms with E-state index in [1.165, 1.54) is 16.8 Å². The van der Waals surface area contributed by atoms with Gasteiger partial charge in [-0.2, -0.15) is 0 Å². The second-order valence-corrected chi connectivity index (χ2v) is 7.76. The van der Waals surface area contributed by atoms with Gasteiger partial charge in [-0.25, -0.2) is 4.85 Å². The van der Waals surface area contributed by atoms with Crippen molar-refractivity contribution in [3.05, 3.63) is 86.1 Å². The molecular weight excluding hydrogens is 360 g/mol. The molecule has 2 aromatic carbocycles. The number of carbonyl (C=O) groups excluding carboxylic acids is 1. The fourth-order valence-corrected chi connectivity index (χ4v) is 3.96. The summed E-state index contributed by atoms with van der Waals surface area (Å²) in [5.41, 5.74) is 9.44. The van der Waals surface area contributed by atoms with Gasteiger partial charge in [0.25, 0.3) is 5.70 Å². The molecule has 2 aromatic rings. The van der Waals surface area contributed by atoms with Gasteiger partial charge in [-0.05, 0) is 74.1 Å². The van der Waals surface area contributed by atoms with Gasteiger partial charge in [0, 0.05) is 25.4 Å². The van der Waals surface area contributed by atoms with Crippen LogP contribution in [0.4, 0.5) is 5.69 Å². The first kappa shape index (κ1) is 20.4. The molecule has 0 N–H and O–H groups in total. The Morgan fingerprint density at radius 3 is 1.97 bits per heavy atom. The number of cyclic esters (lactones) is 1. The average Bonchev–Trinajstić information content (AvgIpc) is 2.99. The van der Waals surface area contributed by atoms with E-state index in [1.54, 1.807) is 0 Å². The lowest BCUT2D eigenvalue weighted by atomic mass is 9.90. The van der Waals surface area contributed by atoms with Crippen LogP contribution in [0, 0.1) is 41.2 Å². The van der Waals surface area contributed by atoms with Gasteiger partial charge >= 0.3 is 5.97 Å². The van der Waals surface area contributed by atoms with E-state index in [0.717, 1.165) is 27.8 Å². The summed E-state index contributed by atoms with van der Waals surface area (Å²) in [6.07, 6.45) is 1.91. The Hall–Kier alpha value is -3.32. The van der Waals surface area contributed by atoms with Crippen LogP contribution in [0.5, 0.6) is 0 Å². The minimum atomic E-state index is -0.588. The van der Waals surface area contributed by atoms with Gasteiger partial charge in [0.05, 0.1) is 6.57 Å². The number of hydrogen-bond acceptors (Lipinski definition) is 3. The highest BCUT2D eigenvalue weighted by Crippen LogP contribution is 2.39. The Balaban J connectivity index is 2.25. The molecule has 3 rings (SSSR count). The minimum absolute atomic E-state index is 0.0359. The zero-order valence-electron chi connectivity index (χ0n) is 18.1. The Labute approximate surface area is 172 Å². The largest absolute Gasteiger partial charge is 0.432 e. The van der Waals surface area contributed by atoms with Crippen LogP contribution in [-0.4, -0.2) is 20.1 Å². The van der Waals surface area contributed by atoms with Crippen molar-refractivity contribution in [3.63, 3.8) is 0 Å². The fraction of sp³-hybridized carbons (Fsp3) is 0.280. The van der Waals surface area contributed by atoms with E-state index in [4.69, 9.17) is 11.3 Å². The third-order valence-electron chi connectivity index (χ3n) is 5.70. The Kier molecular flexibility index (Phi) is 5.35. The highest BCUT2D eigenvalue weighted by Gasteiger charge is 2.32. The first-order valence-corrected chi connectivity index (χ1v) is 9.58. The maximum absolute atomic E-state index is 12.4. The summed E-state index contributed by atoms with van der Waals surface area (Å²) in [4.78, 5) is 18.0. The number of anilines is 1. The number of benzene rings is 2. The monoisotopic (exact) mass is 386 g/mol. The topological polar surface area (TPSA) is 33.9 Å². The Bertz CT molecular complexity index is 1080. The van der Waals surface area contributed by atoms with Crippen LogP contribution in [0.15, 0.2) is 35.7 Å². The summed E-state index contributed by atoms with van der Waals surface area (Å²) in [5, 5.41) is 0. The van der Waals surface area contributed by atoms with Crippen LogP contribution >= 0.6 is 0 Å². The summed E-state index contributed by atoms with van der Waals surface area (Å²) in [6, 6.07) is 7.80. The molecule has 0 spiro atoms. The van der Waals surface area contributed by atoms with Crippen molar-refractivity contribution in [2.75, 3.05) is 19.0 Å². The Morgan fingerprint density at radius 2 is 1.48 bits per heavy atom. The molecule has 148 valence electrons. The van der Waals surface area contributed by atoms with Crippen LogP contribution in [0.3, 0.4) is 0 Å². The normalized spacial score (nSPS) is 15.0. The number of ether oxygens (including phenoxy) is 1. The van der Waals surface area contributed by atoms with E-state index >= 15 is 0 Å². The van der Waals surface area contributed by atoms with E-state index in [9.17, 15) is 4.79 Å². The van der Waals surface area contributed by atoms with E-state index in [2.05, 4.69) is 37.4 Å². The van der Waals surface area contributed by atoms with E-state index in [-0.39, 0.29) is 5.70 Å². The molecule has 0 saturated heterocycles. The fourth-order valence-electron chi connectivity index (χ4n) is 3.96. The number of allylic oxidation sites excluding steroid dienone is 1. The molecule has 1 aliphatic heterocycles. The molecule has 0 fully saturated rings. The molecule has 0 aromatic heterocycles. The predicted molar refractivity (Wildman–Crippen MR) is 118 cm³/mol. The predicted octanol–water partition coefficient (Wildman–Crippen LogP) is 5.52. The molecule has 0 unspecified atom stereocenters. The Morgan fingerprint density at radius 1 is 0.931 bits per heavy atom. The maximum atomic E-state index is 12.4. The number of carbonyl (C=O) groups is 1. The molecule has 0 bridgehead atoms. The van der Waals surface area contributed by atoms with Gasteiger partial charge in [0.2, 0.25) is 0 Å². The van der Waals surface area contributed by atoms with Gasteiger partial charge in [-0.15, -0.1) is 0 Å². The summed E-state index contributed by atoms with van der Waals surface area (Å²) in [5.74, 6) is -0.150. The standard InChI is InChI=1S/C25H26N2O2/c1-14-9-11-19(12-10-14)22-21(29-25(28)23(22)26-6)13-20-15(2)17(4)24(27(7)8)18(5)16(20)3/h9-13H,1-5,7-8H3. The number of hydrogen-bond donors (Lipinski definition) is 0. The smallest absolute Gasteiger partial charge is 0.342 e. The SMILES string of the molecule is [C-]#[N+]C1=C(c2ccc(C)cc2)C(=Cc2c(C)c(C)c(N(C)C)c(C)c2C)OC1=O. The van der Waals surface area contributed by atoms with E-state index in [0.29, 0.717) is 11.3 Å². The molecule has 29 heavy (non-hydrogen) atoms. The maximum Gasteiger partial charge on any atom is 0.342 e. The number of rotatable bonds is 3.